The molecule has 2 rings (SSSR count). The van der Waals surface area contributed by atoms with Crippen molar-refractivity contribution in [3.05, 3.63) is 12.2 Å². The Morgan fingerprint density at radius 1 is 1.73 bits per heavy atom. The van der Waals surface area contributed by atoms with E-state index in [-0.39, 0.29) is 5.41 Å². The van der Waals surface area contributed by atoms with Crippen molar-refractivity contribution in [3.8, 4) is 0 Å². The zero-order chi connectivity index (χ0) is 8.22. The van der Waals surface area contributed by atoms with Crippen molar-refractivity contribution in [1.82, 2.24) is 0 Å². The molecular weight excluding hydrogens is 136 g/mol. The maximum atomic E-state index is 11.3. The Morgan fingerprint density at radius 2 is 2.36 bits per heavy atom. The van der Waals surface area contributed by atoms with Crippen LogP contribution in [0.5, 0.6) is 0 Å². The fourth-order valence-electron chi connectivity index (χ4n) is 2.53. The largest absolute Gasteiger partial charge is 0.299 e. The fourth-order valence-corrected chi connectivity index (χ4v) is 2.53. The van der Waals surface area contributed by atoms with Crippen LogP contribution in [0.25, 0.3) is 0 Å². The number of carbonyl (C=O) groups excluding carboxylic acids is 1. The molecule has 0 radical (unpaired) electrons. The van der Waals surface area contributed by atoms with Crippen LogP contribution in [0.1, 0.15) is 26.7 Å². The van der Waals surface area contributed by atoms with Gasteiger partial charge in [-0.3, -0.25) is 4.79 Å². The normalized spacial score (nSPS) is 47.3. The van der Waals surface area contributed by atoms with Crippen molar-refractivity contribution in [2.45, 2.75) is 26.7 Å². The van der Waals surface area contributed by atoms with E-state index < -0.39 is 0 Å². The lowest BCUT2D eigenvalue weighted by molar-refractivity contribution is -0.121. The maximum Gasteiger partial charge on any atom is 0.136 e. The van der Waals surface area contributed by atoms with Gasteiger partial charge in [0.1, 0.15) is 5.78 Å². The van der Waals surface area contributed by atoms with E-state index in [1.807, 2.05) is 0 Å². The molecule has 11 heavy (non-hydrogen) atoms. The van der Waals surface area contributed by atoms with Crippen LogP contribution in [0.3, 0.4) is 0 Å². The van der Waals surface area contributed by atoms with Gasteiger partial charge in [-0.2, -0.15) is 0 Å². The summed E-state index contributed by atoms with van der Waals surface area (Å²) in [5.74, 6) is 1.41. The maximum absolute atomic E-state index is 11.3. The van der Waals surface area contributed by atoms with Gasteiger partial charge in [-0.1, -0.05) is 19.1 Å². The number of fused-ring (bicyclic) bond motifs is 1. The van der Waals surface area contributed by atoms with Gasteiger partial charge >= 0.3 is 0 Å². The van der Waals surface area contributed by atoms with Gasteiger partial charge < -0.3 is 0 Å². The van der Waals surface area contributed by atoms with Crippen LogP contribution >= 0.6 is 0 Å². The summed E-state index contributed by atoms with van der Waals surface area (Å²) in [5.41, 5.74) is 1.48. The van der Waals surface area contributed by atoms with Crippen LogP contribution in [-0.4, -0.2) is 5.78 Å². The lowest BCUT2D eigenvalue weighted by atomic mass is 9.96. The second-order valence-corrected chi connectivity index (χ2v) is 4.18. The summed E-state index contributed by atoms with van der Waals surface area (Å²) >= 11 is 0. The molecule has 0 aromatic rings. The molecule has 0 aromatic heterocycles. The van der Waals surface area contributed by atoms with E-state index in [1.54, 1.807) is 0 Å². The molecule has 2 fully saturated rings. The summed E-state index contributed by atoms with van der Waals surface area (Å²) in [5, 5.41) is 0. The Balaban J connectivity index is 2.26. The summed E-state index contributed by atoms with van der Waals surface area (Å²) < 4.78 is 0. The molecule has 1 unspecified atom stereocenters. The minimum Gasteiger partial charge on any atom is -0.299 e. The number of carbonyl (C=O) groups is 1. The van der Waals surface area contributed by atoms with Crippen LogP contribution in [-0.2, 0) is 4.79 Å². The first-order valence-electron chi connectivity index (χ1n) is 4.26. The lowest BCUT2D eigenvalue weighted by Crippen LogP contribution is -2.06. The van der Waals surface area contributed by atoms with Gasteiger partial charge in [0.25, 0.3) is 0 Å². The summed E-state index contributed by atoms with van der Waals surface area (Å²) in [6.45, 7) is 8.09. The zero-order valence-electron chi connectivity index (χ0n) is 7.18. The van der Waals surface area contributed by atoms with Crippen molar-refractivity contribution in [2.75, 3.05) is 0 Å². The van der Waals surface area contributed by atoms with Gasteiger partial charge in [0.2, 0.25) is 0 Å². The quantitative estimate of drug-likeness (QED) is 0.523. The second kappa shape index (κ2) is 1.77. The first-order valence-corrected chi connectivity index (χ1v) is 4.26. The standard InChI is InChI=1S/C10H14O/c1-6(2)10-4-8(10)7(3)9(11)5-10/h7-8H,1,4-5H2,2-3H3/t7-,8?,10-/m0/s1. The minimum absolute atomic E-state index is 0.260. The van der Waals surface area contributed by atoms with E-state index in [0.717, 1.165) is 6.42 Å². The molecule has 2 saturated carbocycles. The molecule has 3 atom stereocenters. The molecule has 2 aliphatic rings. The number of Topliss-reactive ketones (excluding diaryl/α,β-unsaturated/α-hetero) is 1. The monoisotopic (exact) mass is 150 g/mol. The molecule has 1 heteroatoms. The van der Waals surface area contributed by atoms with Gasteiger partial charge in [-0.05, 0) is 19.3 Å². The van der Waals surface area contributed by atoms with Crippen LogP contribution in [0, 0.1) is 17.3 Å². The highest BCUT2D eigenvalue weighted by Gasteiger charge is 2.63. The SMILES string of the molecule is C=C(C)[C@]12CC(=O)[C@@H](C)C1C2. The predicted octanol–water partition coefficient (Wildman–Crippen LogP) is 2.18. The number of hydrogen-bond donors (Lipinski definition) is 0. The predicted molar refractivity (Wildman–Crippen MR) is 44.1 cm³/mol. The Labute approximate surface area is 67.5 Å². The van der Waals surface area contributed by atoms with Crippen LogP contribution in [0.15, 0.2) is 12.2 Å². The van der Waals surface area contributed by atoms with Crippen molar-refractivity contribution < 1.29 is 4.79 Å². The van der Waals surface area contributed by atoms with Gasteiger partial charge in [-0.15, -0.1) is 0 Å². The molecule has 1 nitrogen and oxygen atoms in total. The Bertz CT molecular complexity index is 239. The summed E-state index contributed by atoms with van der Waals surface area (Å²) in [7, 11) is 0. The van der Waals surface area contributed by atoms with Gasteiger partial charge in [-0.25, -0.2) is 0 Å². The summed E-state index contributed by atoms with van der Waals surface area (Å²) in [4.78, 5) is 11.3. The lowest BCUT2D eigenvalue weighted by Gasteiger charge is -2.08. The van der Waals surface area contributed by atoms with E-state index in [2.05, 4.69) is 20.4 Å². The second-order valence-electron chi connectivity index (χ2n) is 4.18. The molecule has 60 valence electrons. The number of ketones is 1. The third-order valence-corrected chi connectivity index (χ3v) is 3.58. The molecule has 0 spiro atoms. The first kappa shape index (κ1) is 7.08. The molecule has 2 aliphatic carbocycles. The van der Waals surface area contributed by atoms with Crippen LogP contribution < -0.4 is 0 Å². The third kappa shape index (κ3) is 0.688. The van der Waals surface area contributed by atoms with Crippen LogP contribution in [0.2, 0.25) is 0 Å². The molecular formula is C10H14O. The molecule has 0 aromatic carbocycles. The van der Waals surface area contributed by atoms with Crippen molar-refractivity contribution in [2.24, 2.45) is 17.3 Å². The average Bonchev–Trinajstić information content (AvgIpc) is 2.57. The molecule has 0 aliphatic heterocycles. The molecule has 0 saturated heterocycles. The fraction of sp³-hybridized carbons (Fsp3) is 0.700. The third-order valence-electron chi connectivity index (χ3n) is 3.58. The topological polar surface area (TPSA) is 17.1 Å². The minimum atomic E-state index is 0.260. The zero-order valence-corrected chi connectivity index (χ0v) is 7.18. The molecule has 0 amide bonds. The molecule has 0 bridgehead atoms. The van der Waals surface area contributed by atoms with E-state index in [1.165, 1.54) is 12.0 Å². The Kier molecular flexibility index (Phi) is 1.14. The number of hydrogen-bond acceptors (Lipinski definition) is 1. The van der Waals surface area contributed by atoms with E-state index >= 15 is 0 Å². The summed E-state index contributed by atoms with van der Waals surface area (Å²) in [6, 6.07) is 0. The highest BCUT2D eigenvalue weighted by molar-refractivity contribution is 5.87. The van der Waals surface area contributed by atoms with Crippen LogP contribution in [0.4, 0.5) is 0 Å². The van der Waals surface area contributed by atoms with Crippen molar-refractivity contribution >= 4 is 5.78 Å². The Morgan fingerprint density at radius 3 is 2.64 bits per heavy atom. The van der Waals surface area contributed by atoms with Gasteiger partial charge in [0, 0.05) is 17.8 Å². The average molecular weight is 150 g/mol. The van der Waals surface area contributed by atoms with E-state index in [4.69, 9.17) is 0 Å². The highest BCUT2D eigenvalue weighted by Crippen LogP contribution is 2.67. The van der Waals surface area contributed by atoms with Crippen molar-refractivity contribution in [3.63, 3.8) is 0 Å². The number of allylic oxidation sites excluding steroid dienone is 1. The smallest absolute Gasteiger partial charge is 0.136 e. The summed E-state index contributed by atoms with van der Waals surface area (Å²) in [6.07, 6.45) is 1.99. The number of rotatable bonds is 1. The van der Waals surface area contributed by atoms with E-state index in [0.29, 0.717) is 17.6 Å². The first-order chi connectivity index (χ1) is 5.08. The van der Waals surface area contributed by atoms with Gasteiger partial charge in [0.15, 0.2) is 0 Å². The molecule has 0 N–H and O–H groups in total. The molecule has 0 heterocycles. The highest BCUT2D eigenvalue weighted by atomic mass is 16.1. The Hall–Kier alpha value is -0.590. The van der Waals surface area contributed by atoms with Gasteiger partial charge in [0.05, 0.1) is 0 Å². The van der Waals surface area contributed by atoms with E-state index in [9.17, 15) is 4.79 Å². The van der Waals surface area contributed by atoms with Crippen molar-refractivity contribution in [1.29, 1.82) is 0 Å².